The second kappa shape index (κ2) is 8.83. The third kappa shape index (κ3) is 4.66. The average Bonchev–Trinajstić information content (AvgIpc) is 3.03. The molecule has 0 spiro atoms. The van der Waals surface area contributed by atoms with E-state index in [1.807, 2.05) is 51.1 Å². The van der Waals surface area contributed by atoms with Crippen LogP contribution in [-0.4, -0.2) is 13.0 Å². The molecule has 1 heterocycles. The summed E-state index contributed by atoms with van der Waals surface area (Å²) in [5, 5.41) is 0.633. The van der Waals surface area contributed by atoms with E-state index in [9.17, 15) is 13.2 Å². The fraction of sp³-hybridized carbons (Fsp3) is 0.208. The molecule has 32 heavy (non-hydrogen) atoms. The lowest BCUT2D eigenvalue weighted by Gasteiger charge is -2.17. The van der Waals surface area contributed by atoms with Crippen molar-refractivity contribution in [2.45, 2.75) is 38.3 Å². The van der Waals surface area contributed by atoms with E-state index in [-0.39, 0.29) is 15.8 Å². The molecule has 3 aromatic carbocycles. The first-order valence-electron chi connectivity index (χ1n) is 10.1. The van der Waals surface area contributed by atoms with Crippen molar-refractivity contribution in [3.05, 3.63) is 97.6 Å². The van der Waals surface area contributed by atoms with Crippen molar-refractivity contribution in [1.29, 1.82) is 0 Å². The summed E-state index contributed by atoms with van der Waals surface area (Å²) in [6, 6.07) is 17.7. The average molecular weight is 487 g/mol. The molecule has 0 saturated carbocycles. The Bertz CT molecular complexity index is 1460. The summed E-state index contributed by atoms with van der Waals surface area (Å²) in [6.45, 7) is 6.20. The number of hydrogen-bond acceptors (Lipinski definition) is 4. The summed E-state index contributed by atoms with van der Waals surface area (Å²) in [5.74, 6) is 0. The second-order valence-electron chi connectivity index (χ2n) is 7.91. The van der Waals surface area contributed by atoms with E-state index in [2.05, 4.69) is 4.72 Å². The van der Waals surface area contributed by atoms with E-state index in [1.165, 1.54) is 0 Å². The zero-order valence-electron chi connectivity index (χ0n) is 17.9. The summed E-state index contributed by atoms with van der Waals surface area (Å²) in [6.07, 6.45) is 0. The van der Waals surface area contributed by atoms with Gasteiger partial charge in [-0.3, -0.25) is 9.36 Å². The largest absolute Gasteiger partial charge is 0.308 e. The number of rotatable bonds is 6. The van der Waals surface area contributed by atoms with Crippen LogP contribution in [0.1, 0.15) is 35.2 Å². The van der Waals surface area contributed by atoms with E-state index in [0.717, 1.165) is 33.6 Å². The first kappa shape index (κ1) is 22.7. The maximum Gasteiger partial charge on any atom is 0.308 e. The van der Waals surface area contributed by atoms with Crippen molar-refractivity contribution in [3.63, 3.8) is 0 Å². The molecule has 0 aliphatic carbocycles. The highest BCUT2D eigenvalue weighted by atomic mass is 35.5. The third-order valence-electron chi connectivity index (χ3n) is 5.43. The van der Waals surface area contributed by atoms with Gasteiger partial charge in [0.2, 0.25) is 10.0 Å². The molecular weight excluding hydrogens is 464 g/mol. The highest BCUT2D eigenvalue weighted by Gasteiger charge is 2.21. The van der Waals surface area contributed by atoms with Gasteiger partial charge < -0.3 is 0 Å². The van der Waals surface area contributed by atoms with E-state index < -0.39 is 10.0 Å². The van der Waals surface area contributed by atoms with Crippen molar-refractivity contribution < 1.29 is 8.42 Å². The Morgan fingerprint density at radius 3 is 2.44 bits per heavy atom. The first-order chi connectivity index (χ1) is 15.1. The van der Waals surface area contributed by atoms with Crippen molar-refractivity contribution in [3.8, 4) is 0 Å². The Hall–Kier alpha value is -2.45. The normalized spacial score (nSPS) is 12.9. The van der Waals surface area contributed by atoms with E-state index in [0.29, 0.717) is 21.8 Å². The Morgan fingerprint density at radius 2 is 1.75 bits per heavy atom. The van der Waals surface area contributed by atoms with Crippen LogP contribution in [0.4, 0.5) is 0 Å². The van der Waals surface area contributed by atoms with Gasteiger partial charge in [0.15, 0.2) is 0 Å². The van der Waals surface area contributed by atoms with Crippen molar-refractivity contribution in [2.24, 2.45) is 0 Å². The predicted molar refractivity (Wildman–Crippen MR) is 131 cm³/mol. The van der Waals surface area contributed by atoms with Gasteiger partial charge in [0.1, 0.15) is 0 Å². The minimum absolute atomic E-state index is 0.138. The number of aryl methyl sites for hydroxylation is 2. The fourth-order valence-electron chi connectivity index (χ4n) is 3.81. The number of sulfonamides is 1. The topological polar surface area (TPSA) is 68.2 Å². The van der Waals surface area contributed by atoms with Gasteiger partial charge in [-0.2, -0.15) is 0 Å². The van der Waals surface area contributed by atoms with Crippen LogP contribution in [0.25, 0.3) is 10.2 Å². The fourth-order valence-corrected chi connectivity index (χ4v) is 6.19. The number of fused-ring (bicyclic) bond motifs is 1. The standard InChI is InChI=1S/C24H23ClN2O3S2/c1-15-4-10-21(16(2)12-15)17(3)26-32(29,30)20-9-11-22-23(13-20)31-24(28)27(22)14-18-5-7-19(25)8-6-18/h4-13,17,26H,14H2,1-3H3/t17-/m0/s1. The van der Waals surface area contributed by atoms with Crippen LogP contribution in [0.5, 0.6) is 0 Å². The van der Waals surface area contributed by atoms with E-state index in [4.69, 9.17) is 11.6 Å². The van der Waals surface area contributed by atoms with Crippen molar-refractivity contribution in [1.82, 2.24) is 9.29 Å². The lowest BCUT2D eigenvalue weighted by Crippen LogP contribution is -2.27. The van der Waals surface area contributed by atoms with Crippen molar-refractivity contribution >= 4 is 43.2 Å². The number of aromatic nitrogens is 1. The van der Waals surface area contributed by atoms with Crippen LogP contribution in [0, 0.1) is 13.8 Å². The molecule has 4 aromatic rings. The number of nitrogens with zero attached hydrogens (tertiary/aromatic N) is 1. The second-order valence-corrected chi connectivity index (χ2v) is 11.1. The summed E-state index contributed by atoms with van der Waals surface area (Å²) in [7, 11) is -3.76. The number of nitrogens with one attached hydrogen (secondary N) is 1. The van der Waals surface area contributed by atoms with Crippen LogP contribution >= 0.6 is 22.9 Å². The zero-order valence-corrected chi connectivity index (χ0v) is 20.3. The highest BCUT2D eigenvalue weighted by molar-refractivity contribution is 7.89. The Balaban J connectivity index is 1.63. The molecule has 0 aliphatic heterocycles. The Morgan fingerprint density at radius 1 is 1.03 bits per heavy atom. The molecule has 0 fully saturated rings. The molecule has 0 bridgehead atoms. The first-order valence-corrected chi connectivity index (χ1v) is 12.8. The molecule has 1 atom stereocenters. The highest BCUT2D eigenvalue weighted by Crippen LogP contribution is 2.25. The maximum atomic E-state index is 13.0. The molecular formula is C24H23ClN2O3S2. The Kier molecular flexibility index (Phi) is 6.27. The van der Waals surface area contributed by atoms with Gasteiger partial charge in [0, 0.05) is 11.1 Å². The lowest BCUT2D eigenvalue weighted by atomic mass is 10.0. The minimum atomic E-state index is -3.76. The minimum Gasteiger partial charge on any atom is -0.294 e. The number of hydrogen-bond donors (Lipinski definition) is 1. The molecule has 1 N–H and O–H groups in total. The SMILES string of the molecule is Cc1ccc([C@H](C)NS(=O)(=O)c2ccc3c(c2)sc(=O)n3Cc2ccc(Cl)cc2)c(C)c1. The van der Waals surface area contributed by atoms with Crippen LogP contribution in [0.3, 0.4) is 0 Å². The Labute approximate surface area is 196 Å². The van der Waals surface area contributed by atoms with Gasteiger partial charge >= 0.3 is 4.87 Å². The molecule has 0 radical (unpaired) electrons. The smallest absolute Gasteiger partial charge is 0.294 e. The van der Waals surface area contributed by atoms with Crippen LogP contribution in [0.2, 0.25) is 5.02 Å². The molecule has 4 rings (SSSR count). The molecule has 1 aromatic heterocycles. The van der Waals surface area contributed by atoms with Gasteiger partial charge in [0.05, 0.1) is 21.7 Å². The maximum absolute atomic E-state index is 13.0. The molecule has 0 unspecified atom stereocenters. The summed E-state index contributed by atoms with van der Waals surface area (Å²) in [4.78, 5) is 12.6. The van der Waals surface area contributed by atoms with Gasteiger partial charge in [-0.1, -0.05) is 58.8 Å². The van der Waals surface area contributed by atoms with Crippen molar-refractivity contribution in [2.75, 3.05) is 0 Å². The molecule has 8 heteroatoms. The van der Waals surface area contributed by atoms with Gasteiger partial charge in [-0.25, -0.2) is 13.1 Å². The quantitative estimate of drug-likeness (QED) is 0.395. The van der Waals surface area contributed by atoms with Crippen LogP contribution in [-0.2, 0) is 16.6 Å². The molecule has 166 valence electrons. The monoisotopic (exact) mass is 486 g/mol. The predicted octanol–water partition coefficient (Wildman–Crippen LogP) is 5.42. The van der Waals surface area contributed by atoms with E-state index >= 15 is 0 Å². The lowest BCUT2D eigenvalue weighted by molar-refractivity contribution is 0.566. The molecule has 0 saturated heterocycles. The number of benzene rings is 3. The zero-order chi connectivity index (χ0) is 23.0. The third-order valence-corrected chi connectivity index (χ3v) is 8.16. The number of halogens is 1. The van der Waals surface area contributed by atoms with Gasteiger partial charge in [-0.15, -0.1) is 0 Å². The summed E-state index contributed by atoms with van der Waals surface area (Å²) in [5.41, 5.74) is 4.74. The number of thiazole rings is 1. The van der Waals surface area contributed by atoms with Crippen LogP contribution in [0.15, 0.2) is 70.4 Å². The van der Waals surface area contributed by atoms with Gasteiger partial charge in [0.25, 0.3) is 0 Å². The van der Waals surface area contributed by atoms with Gasteiger partial charge in [-0.05, 0) is 67.8 Å². The summed E-state index contributed by atoms with van der Waals surface area (Å²) < 4.78 is 31.1. The van der Waals surface area contributed by atoms with Crippen LogP contribution < -0.4 is 9.60 Å². The molecule has 0 aliphatic rings. The summed E-state index contributed by atoms with van der Waals surface area (Å²) >= 11 is 6.98. The molecule has 0 amide bonds. The van der Waals surface area contributed by atoms with E-state index in [1.54, 1.807) is 34.9 Å². The molecule has 5 nitrogen and oxygen atoms in total.